The summed E-state index contributed by atoms with van der Waals surface area (Å²) in [6.07, 6.45) is 8.33. The number of nitrogens with zero attached hydrogens (tertiary/aromatic N) is 4. The number of hydrogen-bond acceptors (Lipinski definition) is 3. The number of rotatable bonds is 5. The first-order valence-electron chi connectivity index (χ1n) is 8.47. The van der Waals surface area contributed by atoms with Crippen molar-refractivity contribution < 1.29 is 9.18 Å². The summed E-state index contributed by atoms with van der Waals surface area (Å²) in [5.74, 6) is -0.291. The molecule has 3 aromatic heterocycles. The molecule has 0 aliphatic rings. The van der Waals surface area contributed by atoms with E-state index in [0.717, 1.165) is 5.56 Å². The molecule has 3 heterocycles. The molecule has 0 unspecified atom stereocenters. The zero-order chi connectivity index (χ0) is 19.5. The summed E-state index contributed by atoms with van der Waals surface area (Å²) in [4.78, 5) is 16.8. The number of nitrogens with one attached hydrogen (secondary N) is 1. The minimum atomic E-state index is -0.447. The first-order valence-corrected chi connectivity index (χ1v) is 8.85. The smallest absolute Gasteiger partial charge is 0.256 e. The van der Waals surface area contributed by atoms with E-state index in [2.05, 4.69) is 15.4 Å². The Labute approximate surface area is 165 Å². The van der Waals surface area contributed by atoms with Crippen LogP contribution in [0.2, 0.25) is 5.02 Å². The summed E-state index contributed by atoms with van der Waals surface area (Å²) in [6.45, 7) is 0.346. The van der Waals surface area contributed by atoms with Gasteiger partial charge in [-0.05, 0) is 42.0 Å². The Morgan fingerprint density at radius 3 is 2.64 bits per heavy atom. The van der Waals surface area contributed by atoms with Gasteiger partial charge in [-0.25, -0.2) is 9.07 Å². The fraction of sp³-hybridized carbons (Fsp3) is 0.0500. The molecule has 0 bridgehead atoms. The van der Waals surface area contributed by atoms with Gasteiger partial charge in [0, 0.05) is 37.4 Å². The molecule has 4 rings (SSSR count). The first-order chi connectivity index (χ1) is 13.6. The second-order valence-electron chi connectivity index (χ2n) is 6.02. The van der Waals surface area contributed by atoms with Crippen molar-refractivity contribution in [3.63, 3.8) is 0 Å². The van der Waals surface area contributed by atoms with E-state index in [1.165, 1.54) is 29.1 Å². The van der Waals surface area contributed by atoms with Gasteiger partial charge in [0.15, 0.2) is 5.82 Å². The molecule has 4 aromatic rings. The number of halogens is 2. The molecule has 8 heteroatoms. The Morgan fingerprint density at radius 2 is 1.89 bits per heavy atom. The van der Waals surface area contributed by atoms with Gasteiger partial charge < -0.3 is 9.88 Å². The van der Waals surface area contributed by atoms with Gasteiger partial charge in [0.25, 0.3) is 5.91 Å². The molecule has 0 fully saturated rings. The van der Waals surface area contributed by atoms with Gasteiger partial charge in [0.1, 0.15) is 11.4 Å². The predicted octanol–water partition coefficient (Wildman–Crippen LogP) is 3.78. The standard InChI is InChI=1S/C20H15ClFN5O/c21-17-4-3-15(22)11-18(17)27-20(26-9-1-2-10-26)16(13-25-27)19(28)24-12-14-5-7-23-8-6-14/h1-11,13H,12H2,(H,24,28). The number of benzene rings is 1. The topological polar surface area (TPSA) is 64.7 Å². The number of carbonyl (C=O) groups excluding carboxylic acids is 1. The summed E-state index contributed by atoms with van der Waals surface area (Å²) in [7, 11) is 0. The third-order valence-electron chi connectivity index (χ3n) is 4.18. The van der Waals surface area contributed by atoms with Gasteiger partial charge in [-0.1, -0.05) is 11.6 Å². The lowest BCUT2D eigenvalue weighted by Gasteiger charge is -2.12. The van der Waals surface area contributed by atoms with Crippen molar-refractivity contribution in [3.05, 3.63) is 95.4 Å². The number of amides is 1. The van der Waals surface area contributed by atoms with Gasteiger partial charge >= 0.3 is 0 Å². The van der Waals surface area contributed by atoms with Crippen molar-refractivity contribution >= 4 is 17.5 Å². The third-order valence-corrected chi connectivity index (χ3v) is 4.50. The maximum absolute atomic E-state index is 13.8. The van der Waals surface area contributed by atoms with Crippen molar-refractivity contribution in [1.29, 1.82) is 0 Å². The Balaban J connectivity index is 1.73. The van der Waals surface area contributed by atoms with E-state index in [1.54, 1.807) is 29.4 Å². The van der Waals surface area contributed by atoms with Crippen molar-refractivity contribution in [2.45, 2.75) is 6.54 Å². The van der Waals surface area contributed by atoms with Crippen LogP contribution in [-0.2, 0) is 6.54 Å². The van der Waals surface area contributed by atoms with E-state index in [4.69, 9.17) is 11.6 Å². The predicted molar refractivity (Wildman–Crippen MR) is 103 cm³/mol. The van der Waals surface area contributed by atoms with Crippen LogP contribution >= 0.6 is 11.6 Å². The Hall–Kier alpha value is -3.45. The highest BCUT2D eigenvalue weighted by Crippen LogP contribution is 2.26. The van der Waals surface area contributed by atoms with Crippen molar-refractivity contribution in [1.82, 2.24) is 24.6 Å². The van der Waals surface area contributed by atoms with E-state index < -0.39 is 5.82 Å². The van der Waals surface area contributed by atoms with Gasteiger partial charge in [-0.15, -0.1) is 0 Å². The van der Waals surface area contributed by atoms with Crippen molar-refractivity contribution in [2.24, 2.45) is 0 Å². The number of aromatic nitrogens is 4. The lowest BCUT2D eigenvalue weighted by atomic mass is 10.2. The van der Waals surface area contributed by atoms with Gasteiger partial charge in [0.05, 0.1) is 16.9 Å². The molecule has 140 valence electrons. The molecule has 0 aliphatic carbocycles. The van der Waals surface area contributed by atoms with Crippen LogP contribution in [0.5, 0.6) is 0 Å². The molecule has 0 radical (unpaired) electrons. The average Bonchev–Trinajstić information content (AvgIpc) is 3.38. The molecule has 1 amide bonds. The molecule has 28 heavy (non-hydrogen) atoms. The van der Waals surface area contributed by atoms with Crippen LogP contribution < -0.4 is 5.32 Å². The average molecular weight is 396 g/mol. The van der Waals surface area contributed by atoms with E-state index >= 15 is 0 Å². The molecular weight excluding hydrogens is 381 g/mol. The highest BCUT2D eigenvalue weighted by molar-refractivity contribution is 6.32. The van der Waals surface area contributed by atoms with E-state index in [1.807, 2.05) is 24.3 Å². The Bertz CT molecular complexity index is 1110. The van der Waals surface area contributed by atoms with Gasteiger partial charge in [-0.3, -0.25) is 9.78 Å². The van der Waals surface area contributed by atoms with Crippen molar-refractivity contribution in [3.8, 4) is 11.5 Å². The first kappa shape index (κ1) is 17.9. The lowest BCUT2D eigenvalue weighted by Crippen LogP contribution is -2.24. The normalized spacial score (nSPS) is 10.8. The molecule has 0 saturated carbocycles. The second-order valence-corrected chi connectivity index (χ2v) is 6.43. The fourth-order valence-electron chi connectivity index (χ4n) is 2.83. The Morgan fingerprint density at radius 1 is 1.14 bits per heavy atom. The maximum atomic E-state index is 13.8. The minimum Gasteiger partial charge on any atom is -0.348 e. The molecule has 1 aromatic carbocycles. The summed E-state index contributed by atoms with van der Waals surface area (Å²) in [5.41, 5.74) is 1.61. The van der Waals surface area contributed by atoms with E-state index in [0.29, 0.717) is 28.6 Å². The van der Waals surface area contributed by atoms with Gasteiger partial charge in [0.2, 0.25) is 0 Å². The molecular formula is C20H15ClFN5O. The highest BCUT2D eigenvalue weighted by atomic mass is 35.5. The SMILES string of the molecule is O=C(NCc1ccncc1)c1cnn(-c2cc(F)ccc2Cl)c1-n1cccc1. The second kappa shape index (κ2) is 7.66. The molecule has 6 nitrogen and oxygen atoms in total. The van der Waals surface area contributed by atoms with E-state index in [-0.39, 0.29) is 5.91 Å². The van der Waals surface area contributed by atoms with Crippen LogP contribution in [0.3, 0.4) is 0 Å². The maximum Gasteiger partial charge on any atom is 0.256 e. The Kier molecular flexibility index (Phi) is 4.90. The van der Waals surface area contributed by atoms with E-state index in [9.17, 15) is 9.18 Å². The number of pyridine rings is 1. The zero-order valence-electron chi connectivity index (χ0n) is 14.6. The molecule has 0 aliphatic heterocycles. The molecule has 1 N–H and O–H groups in total. The van der Waals surface area contributed by atoms with Crippen LogP contribution in [-0.4, -0.2) is 25.2 Å². The fourth-order valence-corrected chi connectivity index (χ4v) is 3.03. The molecule has 0 atom stereocenters. The largest absolute Gasteiger partial charge is 0.348 e. The highest BCUT2D eigenvalue weighted by Gasteiger charge is 2.21. The summed E-state index contributed by atoms with van der Waals surface area (Å²) in [5, 5.41) is 7.48. The molecule has 0 saturated heterocycles. The molecule has 0 spiro atoms. The van der Waals surface area contributed by atoms with Crippen molar-refractivity contribution in [2.75, 3.05) is 0 Å². The summed E-state index contributed by atoms with van der Waals surface area (Å²) >= 11 is 6.25. The third kappa shape index (κ3) is 3.52. The number of carbonyl (C=O) groups is 1. The zero-order valence-corrected chi connectivity index (χ0v) is 15.3. The monoisotopic (exact) mass is 395 g/mol. The summed E-state index contributed by atoms with van der Waals surface area (Å²) < 4.78 is 17.0. The van der Waals surface area contributed by atoms with Crippen LogP contribution in [0, 0.1) is 5.82 Å². The summed E-state index contributed by atoms with van der Waals surface area (Å²) in [6, 6.07) is 11.3. The minimum absolute atomic E-state index is 0.306. The quantitative estimate of drug-likeness (QED) is 0.559. The van der Waals surface area contributed by atoms with Crippen LogP contribution in [0.25, 0.3) is 11.5 Å². The van der Waals surface area contributed by atoms with Gasteiger partial charge in [-0.2, -0.15) is 5.10 Å². The number of hydrogen-bond donors (Lipinski definition) is 1. The van der Waals surface area contributed by atoms with Crippen LogP contribution in [0.1, 0.15) is 15.9 Å². The lowest BCUT2D eigenvalue weighted by molar-refractivity contribution is 0.0951. The van der Waals surface area contributed by atoms with Crippen LogP contribution in [0.15, 0.2) is 73.4 Å². The van der Waals surface area contributed by atoms with Crippen LogP contribution in [0.4, 0.5) is 4.39 Å².